The van der Waals surface area contributed by atoms with E-state index in [1.54, 1.807) is 44.2 Å². The zero-order valence-electron chi connectivity index (χ0n) is 26.4. The van der Waals surface area contributed by atoms with Crippen molar-refractivity contribution < 1.29 is 47.6 Å². The number of esters is 4. The van der Waals surface area contributed by atoms with Crippen molar-refractivity contribution in [3.05, 3.63) is 47.5 Å². The van der Waals surface area contributed by atoms with Crippen molar-refractivity contribution in [1.82, 2.24) is 19.5 Å². The van der Waals surface area contributed by atoms with E-state index >= 15 is 0 Å². The van der Waals surface area contributed by atoms with Crippen molar-refractivity contribution in [2.75, 3.05) is 25.6 Å². The monoisotopic (exact) mass is 671 g/mol. The number of benzene rings is 1. The molecule has 250 valence electrons. The first-order valence-electron chi connectivity index (χ1n) is 14.6. The summed E-state index contributed by atoms with van der Waals surface area (Å²) < 4.78 is 36.1. The first-order chi connectivity index (χ1) is 22.4. The maximum absolute atomic E-state index is 13.6. The van der Waals surface area contributed by atoms with Gasteiger partial charge in [0, 0.05) is 20.3 Å². The Morgan fingerprint density at radius 1 is 1.06 bits per heavy atom. The van der Waals surface area contributed by atoms with Crippen molar-refractivity contribution in [2.45, 2.75) is 70.7 Å². The Hall–Kier alpha value is -4.78. The average molecular weight is 672 g/mol. The number of nitrogens with zero attached hydrogens (tertiary/aromatic N) is 4. The van der Waals surface area contributed by atoms with Gasteiger partial charge in [-0.2, -0.15) is 9.97 Å². The van der Waals surface area contributed by atoms with Gasteiger partial charge in [0.1, 0.15) is 11.6 Å². The minimum atomic E-state index is -2.33. The standard InChI is InChI=1S/C31H34ClN5O10/c1-6-14-30(47-19(5)39)21(16-44-31(27(40)42-7-2,28(41)43-8-3)15-20-12-10-9-11-13-20)46-26(23(30)45-18(4)38)37-17-34-22-24(33)35-29(32)36-25(22)37/h9-13,17,21,23,26H,7-8,15-16H2,1-5H3,(H2,33,35,36)/t21-,23+,26-,30-/m1/s1. The van der Waals surface area contributed by atoms with Gasteiger partial charge in [0.2, 0.25) is 17.0 Å². The Morgan fingerprint density at radius 2 is 1.72 bits per heavy atom. The van der Waals surface area contributed by atoms with Crippen LogP contribution in [-0.4, -0.2) is 86.6 Å². The summed E-state index contributed by atoms with van der Waals surface area (Å²) in [6, 6.07) is 8.62. The summed E-state index contributed by atoms with van der Waals surface area (Å²) in [6.45, 7) is 6.13. The molecular formula is C31H34ClN5O10. The maximum atomic E-state index is 13.6. The van der Waals surface area contributed by atoms with Crippen LogP contribution in [0.1, 0.15) is 46.4 Å². The van der Waals surface area contributed by atoms with Crippen LogP contribution >= 0.6 is 11.6 Å². The topological polar surface area (TPSA) is 193 Å². The number of ether oxygens (including phenoxy) is 6. The fraction of sp³-hybridized carbons (Fsp3) is 0.452. The fourth-order valence-electron chi connectivity index (χ4n) is 5.26. The molecule has 1 saturated heterocycles. The van der Waals surface area contributed by atoms with Gasteiger partial charge >= 0.3 is 23.9 Å². The van der Waals surface area contributed by atoms with Crippen molar-refractivity contribution in [3.8, 4) is 11.8 Å². The molecule has 2 N–H and O–H groups in total. The normalized spacial score (nSPS) is 20.6. The van der Waals surface area contributed by atoms with E-state index in [4.69, 9.17) is 45.8 Å². The quantitative estimate of drug-likeness (QED) is 0.0969. The lowest BCUT2D eigenvalue weighted by Gasteiger charge is -2.35. The molecule has 0 saturated carbocycles. The van der Waals surface area contributed by atoms with E-state index in [0.29, 0.717) is 5.56 Å². The van der Waals surface area contributed by atoms with Gasteiger partial charge in [-0.1, -0.05) is 30.3 Å². The smallest absolute Gasteiger partial charge is 0.350 e. The number of fused-ring (bicyclic) bond motifs is 1. The third kappa shape index (κ3) is 7.14. The first-order valence-corrected chi connectivity index (χ1v) is 14.9. The predicted octanol–water partition coefficient (Wildman–Crippen LogP) is 2.34. The third-order valence-corrected chi connectivity index (χ3v) is 7.24. The molecule has 47 heavy (non-hydrogen) atoms. The van der Waals surface area contributed by atoms with Crippen LogP contribution in [0.4, 0.5) is 5.82 Å². The Kier molecular flexibility index (Phi) is 11.0. The third-order valence-electron chi connectivity index (χ3n) is 7.07. The van der Waals surface area contributed by atoms with E-state index in [2.05, 4.69) is 26.8 Å². The lowest BCUT2D eigenvalue weighted by molar-refractivity contribution is -0.200. The number of halogens is 1. The van der Waals surface area contributed by atoms with E-state index in [1.807, 2.05) is 0 Å². The van der Waals surface area contributed by atoms with Gasteiger partial charge in [-0.05, 0) is 43.9 Å². The van der Waals surface area contributed by atoms with Crippen LogP contribution in [0, 0.1) is 11.8 Å². The van der Waals surface area contributed by atoms with E-state index < -0.39 is 60.1 Å². The molecular weight excluding hydrogens is 638 g/mol. The van der Waals surface area contributed by atoms with Crippen molar-refractivity contribution in [3.63, 3.8) is 0 Å². The fourth-order valence-corrected chi connectivity index (χ4v) is 5.43. The number of nitrogen functional groups attached to an aromatic ring is 1. The van der Waals surface area contributed by atoms with Gasteiger partial charge in [0.05, 0.1) is 26.1 Å². The molecule has 0 amide bonds. The van der Waals surface area contributed by atoms with Gasteiger partial charge in [0.25, 0.3) is 5.60 Å². The Bertz CT molecular complexity index is 1690. The van der Waals surface area contributed by atoms with Crippen LogP contribution in [0.2, 0.25) is 5.28 Å². The van der Waals surface area contributed by atoms with Gasteiger partial charge in [-0.15, -0.1) is 5.92 Å². The molecule has 2 aromatic heterocycles. The number of imidazole rings is 1. The van der Waals surface area contributed by atoms with Crippen LogP contribution in [0.5, 0.6) is 0 Å². The Labute approximate surface area is 275 Å². The number of hydrogen-bond donors (Lipinski definition) is 1. The molecule has 1 aromatic carbocycles. The van der Waals surface area contributed by atoms with Crippen LogP contribution in [0.25, 0.3) is 11.2 Å². The molecule has 0 spiro atoms. The second kappa shape index (κ2) is 14.8. The Balaban J connectivity index is 1.88. The molecule has 3 aromatic rings. The van der Waals surface area contributed by atoms with Crippen LogP contribution in [0.15, 0.2) is 36.7 Å². The molecule has 0 radical (unpaired) electrons. The molecule has 1 fully saturated rings. The molecule has 4 rings (SSSR count). The highest BCUT2D eigenvalue weighted by Crippen LogP contribution is 2.44. The summed E-state index contributed by atoms with van der Waals surface area (Å²) in [7, 11) is 0. The van der Waals surface area contributed by atoms with Crippen molar-refractivity contribution in [2.24, 2.45) is 0 Å². The minimum Gasteiger partial charge on any atom is -0.463 e. The van der Waals surface area contributed by atoms with Crippen LogP contribution in [-0.2, 0) is 54.0 Å². The van der Waals surface area contributed by atoms with Gasteiger partial charge in [-0.3, -0.25) is 14.2 Å². The molecule has 1 aliphatic rings. The summed E-state index contributed by atoms with van der Waals surface area (Å²) in [5.74, 6) is 1.88. The van der Waals surface area contributed by atoms with Gasteiger partial charge in [0.15, 0.2) is 17.7 Å². The van der Waals surface area contributed by atoms with E-state index in [9.17, 15) is 19.2 Å². The van der Waals surface area contributed by atoms with Crippen LogP contribution in [0.3, 0.4) is 0 Å². The van der Waals surface area contributed by atoms with E-state index in [-0.39, 0.29) is 41.9 Å². The summed E-state index contributed by atoms with van der Waals surface area (Å²) >= 11 is 6.09. The van der Waals surface area contributed by atoms with Crippen molar-refractivity contribution in [1.29, 1.82) is 0 Å². The van der Waals surface area contributed by atoms with Gasteiger partial charge in [-0.25, -0.2) is 14.6 Å². The van der Waals surface area contributed by atoms with Crippen LogP contribution < -0.4 is 5.73 Å². The molecule has 16 heteroatoms. The highest BCUT2D eigenvalue weighted by Gasteiger charge is 2.63. The molecule has 3 heterocycles. The summed E-state index contributed by atoms with van der Waals surface area (Å²) in [5.41, 5.74) is 2.44. The number of carbonyl (C=O) groups is 4. The molecule has 15 nitrogen and oxygen atoms in total. The Morgan fingerprint density at radius 3 is 2.30 bits per heavy atom. The second-order valence-corrected chi connectivity index (χ2v) is 10.6. The predicted molar refractivity (Wildman–Crippen MR) is 164 cm³/mol. The second-order valence-electron chi connectivity index (χ2n) is 10.3. The van der Waals surface area contributed by atoms with Gasteiger partial charge < -0.3 is 34.2 Å². The minimum absolute atomic E-state index is 0.0326. The zero-order valence-corrected chi connectivity index (χ0v) is 27.1. The summed E-state index contributed by atoms with van der Waals surface area (Å²) in [4.78, 5) is 64.7. The maximum Gasteiger partial charge on any atom is 0.350 e. The molecule has 4 atom stereocenters. The SMILES string of the molecule is CC#C[C@@]1(OC(C)=O)[C@@H](COC(Cc2ccccc2)(C(=O)OCC)C(=O)OCC)O[C@@H](n2cnc3c(N)nc(Cl)nc32)[C@@H]1OC(C)=O. The largest absolute Gasteiger partial charge is 0.463 e. The number of anilines is 1. The van der Waals surface area contributed by atoms with E-state index in [1.165, 1.54) is 17.8 Å². The molecule has 0 aliphatic carbocycles. The zero-order chi connectivity index (χ0) is 34.4. The summed E-state index contributed by atoms with van der Waals surface area (Å²) in [6.07, 6.45) is -3.18. The highest BCUT2D eigenvalue weighted by molar-refractivity contribution is 6.28. The lowest BCUT2D eigenvalue weighted by Crippen LogP contribution is -2.57. The van der Waals surface area contributed by atoms with Crippen molar-refractivity contribution >= 4 is 52.5 Å². The highest BCUT2D eigenvalue weighted by atomic mass is 35.5. The molecule has 1 aliphatic heterocycles. The van der Waals surface area contributed by atoms with E-state index in [0.717, 1.165) is 13.8 Å². The molecule has 0 unspecified atom stereocenters. The number of carbonyl (C=O) groups excluding carboxylic acids is 4. The number of hydrogen-bond acceptors (Lipinski definition) is 14. The number of aromatic nitrogens is 4. The molecule has 0 bridgehead atoms. The number of nitrogens with two attached hydrogens (primary N) is 1. The lowest BCUT2D eigenvalue weighted by atomic mass is 9.90. The summed E-state index contributed by atoms with van der Waals surface area (Å²) in [5, 5.41) is -0.201. The number of rotatable bonds is 12. The average Bonchev–Trinajstić information content (AvgIpc) is 3.54. The first kappa shape index (κ1) is 35.1.